The van der Waals surface area contributed by atoms with Crippen LogP contribution in [-0.4, -0.2) is 19.6 Å². The lowest BCUT2D eigenvalue weighted by molar-refractivity contribution is 0.0987. The Morgan fingerprint density at radius 1 is 1.09 bits per heavy atom. The number of anilines is 1. The summed E-state index contributed by atoms with van der Waals surface area (Å²) in [6, 6.07) is 15.3. The van der Waals surface area contributed by atoms with Crippen molar-refractivity contribution in [3.63, 3.8) is 0 Å². The van der Waals surface area contributed by atoms with Crippen LogP contribution in [0.4, 0.5) is 5.69 Å². The predicted molar refractivity (Wildman–Crippen MR) is 88.6 cm³/mol. The van der Waals surface area contributed by atoms with Crippen LogP contribution in [0, 0.1) is 0 Å². The molecule has 0 N–H and O–H groups in total. The summed E-state index contributed by atoms with van der Waals surface area (Å²) in [5.74, 6) is 0.863. The van der Waals surface area contributed by atoms with Gasteiger partial charge >= 0.3 is 0 Å². The molecule has 0 unspecified atom stereocenters. The van der Waals surface area contributed by atoms with Crippen molar-refractivity contribution in [2.24, 2.45) is 0 Å². The minimum absolute atomic E-state index is 0.0438. The third kappa shape index (κ3) is 2.89. The van der Waals surface area contributed by atoms with Gasteiger partial charge in [0, 0.05) is 17.8 Å². The summed E-state index contributed by atoms with van der Waals surface area (Å²) in [6.07, 6.45) is 5.96. The SMILES string of the molecule is COc1ccc2c(c1)C/C=C\CCN2C(=O)c1ccccc1. The smallest absolute Gasteiger partial charge is 0.258 e. The van der Waals surface area contributed by atoms with E-state index in [2.05, 4.69) is 12.2 Å². The number of hydrogen-bond acceptors (Lipinski definition) is 2. The second-order valence-corrected chi connectivity index (χ2v) is 5.28. The van der Waals surface area contributed by atoms with E-state index in [1.165, 1.54) is 0 Å². The summed E-state index contributed by atoms with van der Waals surface area (Å²) in [7, 11) is 1.66. The van der Waals surface area contributed by atoms with Gasteiger partial charge in [0.05, 0.1) is 7.11 Å². The van der Waals surface area contributed by atoms with Gasteiger partial charge in [0.2, 0.25) is 0 Å². The molecule has 0 saturated heterocycles. The zero-order chi connectivity index (χ0) is 15.4. The van der Waals surface area contributed by atoms with Gasteiger partial charge in [0.25, 0.3) is 5.91 Å². The molecule has 1 amide bonds. The number of fused-ring (bicyclic) bond motifs is 1. The molecule has 3 rings (SSSR count). The van der Waals surface area contributed by atoms with E-state index in [-0.39, 0.29) is 5.91 Å². The van der Waals surface area contributed by atoms with E-state index in [4.69, 9.17) is 4.74 Å². The molecular formula is C19H19NO2. The molecule has 0 atom stereocenters. The van der Waals surface area contributed by atoms with Crippen LogP contribution < -0.4 is 9.64 Å². The molecule has 3 nitrogen and oxygen atoms in total. The second kappa shape index (κ2) is 6.48. The molecule has 0 radical (unpaired) electrons. The van der Waals surface area contributed by atoms with E-state index < -0.39 is 0 Å². The molecule has 1 aliphatic heterocycles. The Bertz CT molecular complexity index is 692. The van der Waals surface area contributed by atoms with Crippen LogP contribution in [-0.2, 0) is 6.42 Å². The summed E-state index contributed by atoms with van der Waals surface area (Å²) in [6.45, 7) is 0.684. The third-order valence-electron chi connectivity index (χ3n) is 3.87. The van der Waals surface area contributed by atoms with Crippen molar-refractivity contribution in [1.82, 2.24) is 0 Å². The van der Waals surface area contributed by atoms with E-state index >= 15 is 0 Å². The van der Waals surface area contributed by atoms with Crippen molar-refractivity contribution in [3.05, 3.63) is 71.8 Å². The van der Waals surface area contributed by atoms with Crippen molar-refractivity contribution < 1.29 is 9.53 Å². The Labute approximate surface area is 130 Å². The number of benzene rings is 2. The lowest BCUT2D eigenvalue weighted by atomic mass is 10.0. The highest BCUT2D eigenvalue weighted by atomic mass is 16.5. The first-order valence-electron chi connectivity index (χ1n) is 7.48. The summed E-state index contributed by atoms with van der Waals surface area (Å²) in [5.41, 5.74) is 2.80. The molecule has 0 bridgehead atoms. The summed E-state index contributed by atoms with van der Waals surface area (Å²) >= 11 is 0. The van der Waals surface area contributed by atoms with Crippen LogP contribution in [0.3, 0.4) is 0 Å². The number of amides is 1. The Kier molecular flexibility index (Phi) is 4.24. The number of ether oxygens (including phenoxy) is 1. The first kappa shape index (κ1) is 14.4. The highest BCUT2D eigenvalue weighted by molar-refractivity contribution is 6.06. The number of allylic oxidation sites excluding steroid dienone is 1. The largest absolute Gasteiger partial charge is 0.497 e. The van der Waals surface area contributed by atoms with Gasteiger partial charge in [-0.3, -0.25) is 4.79 Å². The highest BCUT2D eigenvalue weighted by Crippen LogP contribution is 2.29. The molecular weight excluding hydrogens is 274 g/mol. The fourth-order valence-corrected chi connectivity index (χ4v) is 2.72. The average Bonchev–Trinajstić information content (AvgIpc) is 2.56. The molecule has 3 heteroatoms. The predicted octanol–water partition coefficient (Wildman–Crippen LogP) is 3.84. The van der Waals surface area contributed by atoms with Crippen molar-refractivity contribution in [2.75, 3.05) is 18.6 Å². The highest BCUT2D eigenvalue weighted by Gasteiger charge is 2.20. The maximum atomic E-state index is 12.9. The molecule has 0 fully saturated rings. The zero-order valence-electron chi connectivity index (χ0n) is 12.7. The minimum atomic E-state index is 0.0438. The molecule has 0 aliphatic carbocycles. The van der Waals surface area contributed by atoms with Gasteiger partial charge in [-0.05, 0) is 48.7 Å². The zero-order valence-corrected chi connectivity index (χ0v) is 12.7. The molecule has 2 aromatic carbocycles. The van der Waals surface area contributed by atoms with E-state index in [0.29, 0.717) is 12.1 Å². The Hall–Kier alpha value is -2.55. The fourth-order valence-electron chi connectivity index (χ4n) is 2.72. The van der Waals surface area contributed by atoms with Gasteiger partial charge in [-0.25, -0.2) is 0 Å². The summed E-state index contributed by atoms with van der Waals surface area (Å²) in [5, 5.41) is 0. The van der Waals surface area contributed by atoms with Gasteiger partial charge in [-0.2, -0.15) is 0 Å². The molecule has 1 heterocycles. The molecule has 0 aromatic heterocycles. The number of carbonyl (C=O) groups is 1. The standard InChI is InChI=1S/C19H19NO2/c1-22-17-11-12-18-16(14-17)10-6-3-7-13-20(18)19(21)15-8-4-2-5-9-15/h2-6,8-9,11-12,14H,7,10,13H2,1H3/b6-3-. The van der Waals surface area contributed by atoms with Gasteiger partial charge in [0.1, 0.15) is 5.75 Å². The number of hydrogen-bond donors (Lipinski definition) is 0. The first-order valence-corrected chi connectivity index (χ1v) is 7.48. The maximum absolute atomic E-state index is 12.9. The van der Waals surface area contributed by atoms with E-state index in [1.807, 2.05) is 53.4 Å². The monoisotopic (exact) mass is 293 g/mol. The van der Waals surface area contributed by atoms with Crippen molar-refractivity contribution in [2.45, 2.75) is 12.8 Å². The number of nitrogens with zero attached hydrogens (tertiary/aromatic N) is 1. The molecule has 112 valence electrons. The summed E-state index contributed by atoms with van der Waals surface area (Å²) < 4.78 is 5.31. The molecule has 2 aromatic rings. The van der Waals surface area contributed by atoms with Crippen molar-refractivity contribution >= 4 is 11.6 Å². The third-order valence-corrected chi connectivity index (χ3v) is 3.87. The van der Waals surface area contributed by atoms with E-state index in [9.17, 15) is 4.79 Å². The van der Waals surface area contributed by atoms with Crippen molar-refractivity contribution in [3.8, 4) is 5.75 Å². The lowest BCUT2D eigenvalue weighted by Gasteiger charge is -2.26. The average molecular weight is 293 g/mol. The topological polar surface area (TPSA) is 29.5 Å². The number of carbonyl (C=O) groups excluding carboxylic acids is 1. The van der Waals surface area contributed by atoms with Crippen molar-refractivity contribution in [1.29, 1.82) is 0 Å². The van der Waals surface area contributed by atoms with Crippen LogP contribution in [0.1, 0.15) is 22.3 Å². The maximum Gasteiger partial charge on any atom is 0.258 e. The van der Waals surface area contributed by atoms with Crippen LogP contribution in [0.5, 0.6) is 5.75 Å². The van der Waals surface area contributed by atoms with E-state index in [0.717, 1.165) is 29.8 Å². The van der Waals surface area contributed by atoms with E-state index in [1.54, 1.807) is 7.11 Å². The van der Waals surface area contributed by atoms with Gasteiger partial charge < -0.3 is 9.64 Å². The van der Waals surface area contributed by atoms with Crippen LogP contribution in [0.2, 0.25) is 0 Å². The van der Waals surface area contributed by atoms with Crippen LogP contribution >= 0.6 is 0 Å². The van der Waals surface area contributed by atoms with Crippen LogP contribution in [0.25, 0.3) is 0 Å². The molecule has 0 spiro atoms. The Balaban J connectivity index is 2.01. The van der Waals surface area contributed by atoms with Gasteiger partial charge in [-0.15, -0.1) is 0 Å². The molecule has 22 heavy (non-hydrogen) atoms. The number of rotatable bonds is 2. The lowest BCUT2D eigenvalue weighted by Crippen LogP contribution is -2.33. The second-order valence-electron chi connectivity index (χ2n) is 5.28. The first-order chi connectivity index (χ1) is 10.8. The van der Waals surface area contributed by atoms with Gasteiger partial charge in [-0.1, -0.05) is 30.4 Å². The normalized spacial score (nSPS) is 15.4. The molecule has 0 saturated carbocycles. The fraction of sp³-hybridized carbons (Fsp3) is 0.211. The Morgan fingerprint density at radius 2 is 1.91 bits per heavy atom. The van der Waals surface area contributed by atoms with Gasteiger partial charge in [0.15, 0.2) is 0 Å². The molecule has 1 aliphatic rings. The van der Waals surface area contributed by atoms with Crippen LogP contribution in [0.15, 0.2) is 60.7 Å². The minimum Gasteiger partial charge on any atom is -0.497 e. The number of methoxy groups -OCH3 is 1. The Morgan fingerprint density at radius 3 is 2.68 bits per heavy atom. The quantitative estimate of drug-likeness (QED) is 0.787. The summed E-state index contributed by atoms with van der Waals surface area (Å²) in [4.78, 5) is 14.7.